The summed E-state index contributed by atoms with van der Waals surface area (Å²) < 4.78 is 4.54. The third-order valence-corrected chi connectivity index (χ3v) is 6.00. The first-order chi connectivity index (χ1) is 13.8. The van der Waals surface area contributed by atoms with Gasteiger partial charge in [-0.3, -0.25) is 18.8 Å². The Morgan fingerprint density at radius 3 is 2.69 bits per heavy atom. The lowest BCUT2D eigenvalue weighted by Crippen LogP contribution is -2.37. The fraction of sp³-hybridized carbons (Fsp3) is 0.476. The van der Waals surface area contributed by atoms with Gasteiger partial charge in [0.25, 0.3) is 5.56 Å². The van der Waals surface area contributed by atoms with Crippen molar-refractivity contribution >= 4 is 22.8 Å². The molecule has 1 unspecified atom stereocenters. The molecule has 3 aromatic rings. The highest BCUT2D eigenvalue weighted by molar-refractivity contribution is 6.30. The van der Waals surface area contributed by atoms with Crippen molar-refractivity contribution < 1.29 is 0 Å². The second-order valence-corrected chi connectivity index (χ2v) is 8.54. The molecule has 154 valence electrons. The minimum absolute atomic E-state index is 0.323. The van der Waals surface area contributed by atoms with Crippen LogP contribution in [0.2, 0.25) is 5.02 Å². The first kappa shape index (κ1) is 19.9. The SMILES string of the molecule is CC1CCCN(Cc2nc3c(c(=O)n(C)c(=O)n3C)n2Cc2cccc(Cl)c2)C1. The van der Waals surface area contributed by atoms with Crippen LogP contribution >= 0.6 is 11.6 Å². The largest absolute Gasteiger partial charge is 0.332 e. The molecule has 2 aromatic heterocycles. The molecule has 0 spiro atoms. The summed E-state index contributed by atoms with van der Waals surface area (Å²) >= 11 is 6.17. The van der Waals surface area contributed by atoms with E-state index in [1.165, 1.54) is 18.0 Å². The van der Waals surface area contributed by atoms with Gasteiger partial charge in [-0.1, -0.05) is 30.7 Å². The normalized spacial score (nSPS) is 17.9. The highest BCUT2D eigenvalue weighted by Crippen LogP contribution is 2.21. The van der Waals surface area contributed by atoms with Crippen LogP contribution in [0.15, 0.2) is 33.9 Å². The second-order valence-electron chi connectivity index (χ2n) is 8.10. The number of fused-ring (bicyclic) bond motifs is 1. The first-order valence-electron chi connectivity index (χ1n) is 9.97. The Morgan fingerprint density at radius 1 is 1.17 bits per heavy atom. The Morgan fingerprint density at radius 2 is 1.97 bits per heavy atom. The van der Waals surface area contributed by atoms with Gasteiger partial charge in [0.05, 0.1) is 6.54 Å². The molecule has 1 atom stereocenters. The van der Waals surface area contributed by atoms with Gasteiger partial charge in [0.15, 0.2) is 11.2 Å². The van der Waals surface area contributed by atoms with E-state index in [1.807, 2.05) is 28.8 Å². The number of likely N-dealkylation sites (tertiary alicyclic amines) is 1. The molecule has 0 radical (unpaired) electrons. The van der Waals surface area contributed by atoms with Crippen LogP contribution in [-0.2, 0) is 27.2 Å². The predicted molar refractivity (Wildman–Crippen MR) is 114 cm³/mol. The second kappa shape index (κ2) is 7.80. The van der Waals surface area contributed by atoms with Crippen molar-refractivity contribution in [1.82, 2.24) is 23.6 Å². The van der Waals surface area contributed by atoms with Crippen molar-refractivity contribution in [3.63, 3.8) is 0 Å². The van der Waals surface area contributed by atoms with E-state index in [0.717, 1.165) is 35.5 Å². The number of nitrogens with zero attached hydrogens (tertiary/aromatic N) is 5. The molecule has 0 bridgehead atoms. The summed E-state index contributed by atoms with van der Waals surface area (Å²) in [6, 6.07) is 7.61. The van der Waals surface area contributed by atoms with E-state index in [2.05, 4.69) is 11.8 Å². The molecule has 1 aliphatic rings. The number of aromatic nitrogens is 4. The van der Waals surface area contributed by atoms with E-state index in [1.54, 1.807) is 7.05 Å². The molecule has 8 heteroatoms. The molecule has 0 aliphatic carbocycles. The maximum Gasteiger partial charge on any atom is 0.332 e. The van der Waals surface area contributed by atoms with Crippen LogP contribution in [0.1, 0.15) is 31.2 Å². The first-order valence-corrected chi connectivity index (χ1v) is 10.3. The maximum atomic E-state index is 13.0. The minimum atomic E-state index is -0.368. The number of piperidine rings is 1. The molecule has 1 aliphatic heterocycles. The Labute approximate surface area is 174 Å². The molecule has 4 rings (SSSR count). The molecule has 1 saturated heterocycles. The quantitative estimate of drug-likeness (QED) is 0.656. The Bertz CT molecular complexity index is 1180. The fourth-order valence-corrected chi connectivity index (χ4v) is 4.44. The van der Waals surface area contributed by atoms with E-state index >= 15 is 0 Å². The van der Waals surface area contributed by atoms with Gasteiger partial charge in [0.2, 0.25) is 0 Å². The van der Waals surface area contributed by atoms with Gasteiger partial charge in [-0.25, -0.2) is 9.78 Å². The van der Waals surface area contributed by atoms with Crippen molar-refractivity contribution in [3.05, 3.63) is 61.5 Å². The van der Waals surface area contributed by atoms with Crippen LogP contribution in [0, 0.1) is 5.92 Å². The number of imidazole rings is 1. The van der Waals surface area contributed by atoms with Gasteiger partial charge in [-0.15, -0.1) is 0 Å². The highest BCUT2D eigenvalue weighted by Gasteiger charge is 2.23. The van der Waals surface area contributed by atoms with E-state index in [9.17, 15) is 9.59 Å². The molecule has 0 N–H and O–H groups in total. The third-order valence-electron chi connectivity index (χ3n) is 5.76. The van der Waals surface area contributed by atoms with Gasteiger partial charge in [0, 0.05) is 32.2 Å². The summed E-state index contributed by atoms with van der Waals surface area (Å²) in [5, 5.41) is 0.652. The van der Waals surface area contributed by atoms with Gasteiger partial charge in [0.1, 0.15) is 5.82 Å². The lowest BCUT2D eigenvalue weighted by Gasteiger charge is -2.30. The van der Waals surface area contributed by atoms with Gasteiger partial charge < -0.3 is 4.57 Å². The lowest BCUT2D eigenvalue weighted by atomic mass is 10.0. The molecule has 0 amide bonds. The summed E-state index contributed by atoms with van der Waals surface area (Å²) in [6.45, 7) is 5.42. The predicted octanol–water partition coefficient (Wildman–Crippen LogP) is 2.37. The molecule has 0 saturated carbocycles. The lowest BCUT2D eigenvalue weighted by molar-refractivity contribution is 0.171. The maximum absolute atomic E-state index is 13.0. The summed E-state index contributed by atoms with van der Waals surface area (Å²) in [7, 11) is 3.17. The zero-order valence-corrected chi connectivity index (χ0v) is 17.8. The number of aryl methyl sites for hydroxylation is 1. The Hall–Kier alpha value is -2.38. The van der Waals surface area contributed by atoms with Crippen LogP contribution < -0.4 is 11.2 Å². The standard InChI is InChI=1S/C21H26ClN5O2/c1-14-6-5-9-26(11-14)13-17-23-19-18(20(28)25(3)21(29)24(19)2)27(17)12-15-7-4-8-16(22)10-15/h4,7-8,10,14H,5-6,9,11-13H2,1-3H3. The number of hydrogen-bond acceptors (Lipinski definition) is 4. The average molecular weight is 416 g/mol. The monoisotopic (exact) mass is 415 g/mol. The summed E-state index contributed by atoms with van der Waals surface area (Å²) in [6.07, 6.45) is 2.40. The smallest absolute Gasteiger partial charge is 0.317 e. The van der Waals surface area contributed by atoms with Crippen molar-refractivity contribution in [2.24, 2.45) is 20.0 Å². The van der Waals surface area contributed by atoms with Crippen molar-refractivity contribution in [2.75, 3.05) is 13.1 Å². The molecular formula is C21H26ClN5O2. The van der Waals surface area contributed by atoms with Crippen molar-refractivity contribution in [2.45, 2.75) is 32.9 Å². The molecule has 1 fully saturated rings. The van der Waals surface area contributed by atoms with Gasteiger partial charge >= 0.3 is 5.69 Å². The van der Waals surface area contributed by atoms with E-state index in [-0.39, 0.29) is 11.2 Å². The molecular weight excluding hydrogens is 390 g/mol. The molecule has 7 nitrogen and oxygen atoms in total. The fourth-order valence-electron chi connectivity index (χ4n) is 4.23. The Balaban J connectivity index is 1.86. The van der Waals surface area contributed by atoms with Gasteiger partial charge in [-0.2, -0.15) is 0 Å². The van der Waals surface area contributed by atoms with Gasteiger partial charge in [-0.05, 0) is 43.0 Å². The van der Waals surface area contributed by atoms with Crippen LogP contribution in [-0.4, -0.2) is 36.7 Å². The van der Waals surface area contributed by atoms with Crippen LogP contribution in [0.25, 0.3) is 11.2 Å². The highest BCUT2D eigenvalue weighted by atomic mass is 35.5. The summed E-state index contributed by atoms with van der Waals surface area (Å²) in [5.74, 6) is 1.44. The Kier molecular flexibility index (Phi) is 5.36. The van der Waals surface area contributed by atoms with Crippen LogP contribution in [0.5, 0.6) is 0 Å². The van der Waals surface area contributed by atoms with E-state index in [0.29, 0.717) is 35.2 Å². The average Bonchev–Trinajstić information content (AvgIpc) is 3.03. The van der Waals surface area contributed by atoms with Crippen molar-refractivity contribution in [1.29, 1.82) is 0 Å². The topological polar surface area (TPSA) is 65.1 Å². The zero-order chi connectivity index (χ0) is 20.7. The summed E-state index contributed by atoms with van der Waals surface area (Å²) in [4.78, 5) is 32.5. The van der Waals surface area contributed by atoms with E-state index in [4.69, 9.17) is 16.6 Å². The third kappa shape index (κ3) is 3.76. The van der Waals surface area contributed by atoms with Crippen LogP contribution in [0.3, 0.4) is 0 Å². The van der Waals surface area contributed by atoms with Crippen molar-refractivity contribution in [3.8, 4) is 0 Å². The number of hydrogen-bond donors (Lipinski definition) is 0. The molecule has 29 heavy (non-hydrogen) atoms. The summed E-state index contributed by atoms with van der Waals surface area (Å²) in [5.41, 5.74) is 1.18. The molecule has 3 heterocycles. The van der Waals surface area contributed by atoms with Crippen LogP contribution in [0.4, 0.5) is 0 Å². The zero-order valence-electron chi connectivity index (χ0n) is 17.1. The number of benzene rings is 1. The molecule has 1 aromatic carbocycles. The number of halogens is 1. The number of rotatable bonds is 4. The van der Waals surface area contributed by atoms with E-state index < -0.39 is 0 Å². The minimum Gasteiger partial charge on any atom is -0.317 e.